The van der Waals surface area contributed by atoms with Gasteiger partial charge in [-0.05, 0) is 31.5 Å². The van der Waals surface area contributed by atoms with Crippen LogP contribution >= 0.6 is 0 Å². The van der Waals surface area contributed by atoms with Crippen LogP contribution < -0.4 is 15.2 Å². The Morgan fingerprint density at radius 1 is 1.26 bits per heavy atom. The van der Waals surface area contributed by atoms with Crippen LogP contribution in [-0.4, -0.2) is 32.6 Å². The Kier molecular flexibility index (Phi) is 5.39. The van der Waals surface area contributed by atoms with Gasteiger partial charge < -0.3 is 24.7 Å². The van der Waals surface area contributed by atoms with Gasteiger partial charge in [-0.2, -0.15) is 0 Å². The number of allylic oxidation sites excluding steroid dienone is 2. The van der Waals surface area contributed by atoms with E-state index in [1.807, 2.05) is 0 Å². The van der Waals surface area contributed by atoms with Gasteiger partial charge in [0.1, 0.15) is 22.8 Å². The second kappa shape index (κ2) is 7.73. The van der Waals surface area contributed by atoms with E-state index in [0.29, 0.717) is 47.7 Å². The van der Waals surface area contributed by atoms with Crippen molar-refractivity contribution in [3.8, 4) is 11.5 Å². The molecule has 1 aliphatic carbocycles. The van der Waals surface area contributed by atoms with Gasteiger partial charge in [-0.25, -0.2) is 4.79 Å². The highest BCUT2D eigenvalue weighted by Gasteiger charge is 2.42. The molecule has 2 aliphatic rings. The van der Waals surface area contributed by atoms with Crippen LogP contribution in [-0.2, 0) is 19.1 Å². The summed E-state index contributed by atoms with van der Waals surface area (Å²) in [7, 11) is 3.07. The van der Waals surface area contributed by atoms with E-state index >= 15 is 0 Å². The number of methoxy groups -OCH3 is 2. The maximum absolute atomic E-state index is 12.8. The van der Waals surface area contributed by atoms with Crippen LogP contribution in [0.5, 0.6) is 11.5 Å². The predicted molar refractivity (Wildman–Crippen MR) is 97.1 cm³/mol. The Labute approximate surface area is 157 Å². The molecule has 0 amide bonds. The largest absolute Gasteiger partial charge is 0.497 e. The maximum atomic E-state index is 12.8. The number of nitrogens with two attached hydrogens (primary N) is 1. The van der Waals surface area contributed by atoms with Gasteiger partial charge in [-0.1, -0.05) is 0 Å². The van der Waals surface area contributed by atoms with Crippen LogP contribution in [0.15, 0.2) is 41.0 Å². The number of esters is 1. The van der Waals surface area contributed by atoms with Gasteiger partial charge in [-0.15, -0.1) is 0 Å². The lowest BCUT2D eigenvalue weighted by Crippen LogP contribution is -2.31. The third kappa shape index (κ3) is 3.37. The molecule has 2 N–H and O–H groups in total. The van der Waals surface area contributed by atoms with Crippen LogP contribution in [0, 0.1) is 0 Å². The predicted octanol–water partition coefficient (Wildman–Crippen LogP) is 2.56. The topological polar surface area (TPSA) is 97.1 Å². The van der Waals surface area contributed by atoms with Gasteiger partial charge in [0.15, 0.2) is 5.78 Å². The molecule has 0 aromatic heterocycles. The van der Waals surface area contributed by atoms with Crippen LogP contribution in [0.2, 0.25) is 0 Å². The highest BCUT2D eigenvalue weighted by molar-refractivity contribution is 6.03. The number of ketones is 1. The molecular formula is C20H23NO6. The fraction of sp³-hybridized carbons (Fsp3) is 0.400. The van der Waals surface area contributed by atoms with Gasteiger partial charge >= 0.3 is 5.97 Å². The first-order valence-electron chi connectivity index (χ1n) is 8.84. The lowest BCUT2D eigenvalue weighted by molar-refractivity contribution is -0.139. The number of ether oxygens (including phenoxy) is 4. The highest BCUT2D eigenvalue weighted by atomic mass is 16.5. The Bertz CT molecular complexity index is 839. The third-order valence-electron chi connectivity index (χ3n) is 4.73. The first-order chi connectivity index (χ1) is 13.0. The lowest BCUT2D eigenvalue weighted by atomic mass is 9.77. The summed E-state index contributed by atoms with van der Waals surface area (Å²) in [6.07, 6.45) is 1.66. The monoisotopic (exact) mass is 373 g/mol. The van der Waals surface area contributed by atoms with E-state index < -0.39 is 11.9 Å². The summed E-state index contributed by atoms with van der Waals surface area (Å²) in [5.41, 5.74) is 7.24. The van der Waals surface area contributed by atoms with Crippen molar-refractivity contribution in [1.82, 2.24) is 0 Å². The number of rotatable bonds is 5. The van der Waals surface area contributed by atoms with E-state index in [1.54, 1.807) is 32.2 Å². The number of carbonyl (C=O) groups excluding carboxylic acids is 2. The summed E-state index contributed by atoms with van der Waals surface area (Å²) in [6, 6.07) is 5.22. The van der Waals surface area contributed by atoms with E-state index in [-0.39, 0.29) is 23.8 Å². The summed E-state index contributed by atoms with van der Waals surface area (Å²) in [6.45, 7) is 1.88. The Morgan fingerprint density at radius 3 is 2.70 bits per heavy atom. The fourth-order valence-corrected chi connectivity index (χ4v) is 3.54. The molecule has 7 heteroatoms. The molecule has 27 heavy (non-hydrogen) atoms. The number of hydrogen-bond donors (Lipinski definition) is 1. The van der Waals surface area contributed by atoms with E-state index in [4.69, 9.17) is 24.7 Å². The quantitative estimate of drug-likeness (QED) is 0.792. The molecule has 0 fully saturated rings. The smallest absolute Gasteiger partial charge is 0.340 e. The molecular weight excluding hydrogens is 350 g/mol. The first kappa shape index (κ1) is 18.8. The Balaban J connectivity index is 2.24. The first-order valence-corrected chi connectivity index (χ1v) is 8.84. The SMILES string of the molecule is CCOC(=O)C1=C(N)OC2=C(C(=O)CCC2)[C@@H]1c1cc(OC)ccc1OC. The fourth-order valence-electron chi connectivity index (χ4n) is 3.54. The van der Waals surface area contributed by atoms with E-state index in [0.717, 1.165) is 0 Å². The Hall–Kier alpha value is -2.96. The van der Waals surface area contributed by atoms with Crippen molar-refractivity contribution in [3.63, 3.8) is 0 Å². The average molecular weight is 373 g/mol. The van der Waals surface area contributed by atoms with E-state index in [9.17, 15) is 9.59 Å². The van der Waals surface area contributed by atoms with Crippen molar-refractivity contribution in [2.24, 2.45) is 5.73 Å². The minimum atomic E-state index is -0.731. The minimum absolute atomic E-state index is 0.0447. The molecule has 0 bridgehead atoms. The molecule has 1 aromatic carbocycles. The molecule has 0 saturated carbocycles. The van der Waals surface area contributed by atoms with Gasteiger partial charge in [0.25, 0.3) is 0 Å². The second-order valence-corrected chi connectivity index (χ2v) is 6.25. The van der Waals surface area contributed by atoms with Crippen LogP contribution in [0.4, 0.5) is 0 Å². The highest BCUT2D eigenvalue weighted by Crippen LogP contribution is 2.47. The molecule has 0 saturated heterocycles. The number of benzene rings is 1. The van der Waals surface area contributed by atoms with Crippen LogP contribution in [0.25, 0.3) is 0 Å². The minimum Gasteiger partial charge on any atom is -0.497 e. The van der Waals surface area contributed by atoms with Crippen molar-refractivity contribution in [3.05, 3.63) is 46.6 Å². The zero-order chi connectivity index (χ0) is 19.6. The second-order valence-electron chi connectivity index (χ2n) is 6.25. The summed E-state index contributed by atoms with van der Waals surface area (Å²) >= 11 is 0. The van der Waals surface area contributed by atoms with Gasteiger partial charge in [-0.3, -0.25) is 4.79 Å². The standard InChI is InChI=1S/C20H23NO6/c1-4-26-20(23)18-16(12-10-11(24-2)8-9-14(12)25-3)17-13(22)6-5-7-15(17)27-19(18)21/h8-10,16H,4-7,21H2,1-3H3/t16-/m0/s1. The average Bonchev–Trinajstić information content (AvgIpc) is 2.66. The summed E-state index contributed by atoms with van der Waals surface area (Å²) in [5.74, 6) is 0.135. The van der Waals surface area contributed by atoms with Crippen molar-refractivity contribution in [1.29, 1.82) is 0 Å². The van der Waals surface area contributed by atoms with Crippen molar-refractivity contribution in [2.75, 3.05) is 20.8 Å². The molecule has 7 nitrogen and oxygen atoms in total. The molecule has 0 radical (unpaired) electrons. The van der Waals surface area contributed by atoms with E-state index in [2.05, 4.69) is 0 Å². The molecule has 0 spiro atoms. The number of carbonyl (C=O) groups is 2. The molecule has 1 heterocycles. The summed E-state index contributed by atoms with van der Waals surface area (Å²) in [4.78, 5) is 25.5. The molecule has 144 valence electrons. The zero-order valence-corrected chi connectivity index (χ0v) is 15.7. The van der Waals surface area contributed by atoms with E-state index in [1.165, 1.54) is 7.11 Å². The van der Waals surface area contributed by atoms with Crippen molar-refractivity contribution >= 4 is 11.8 Å². The van der Waals surface area contributed by atoms with Gasteiger partial charge in [0.05, 0.1) is 26.7 Å². The maximum Gasteiger partial charge on any atom is 0.340 e. The molecule has 0 unspecified atom stereocenters. The van der Waals surface area contributed by atoms with Crippen molar-refractivity contribution in [2.45, 2.75) is 32.1 Å². The summed E-state index contributed by atoms with van der Waals surface area (Å²) < 4.78 is 21.7. The zero-order valence-electron chi connectivity index (χ0n) is 15.7. The van der Waals surface area contributed by atoms with Crippen LogP contribution in [0.1, 0.15) is 37.7 Å². The number of Topliss-reactive ketones (excluding diaryl/α,β-unsaturated/α-hetero) is 1. The molecule has 1 aromatic rings. The lowest BCUT2D eigenvalue weighted by Gasteiger charge is -2.33. The Morgan fingerprint density at radius 2 is 2.04 bits per heavy atom. The van der Waals surface area contributed by atoms with Gasteiger partial charge in [0.2, 0.25) is 5.88 Å². The molecule has 1 aliphatic heterocycles. The number of hydrogen-bond acceptors (Lipinski definition) is 7. The molecule has 3 rings (SSSR count). The van der Waals surface area contributed by atoms with Gasteiger partial charge in [0, 0.05) is 24.0 Å². The third-order valence-corrected chi connectivity index (χ3v) is 4.73. The van der Waals surface area contributed by atoms with Crippen LogP contribution in [0.3, 0.4) is 0 Å². The van der Waals surface area contributed by atoms with Crippen molar-refractivity contribution < 1.29 is 28.5 Å². The normalized spacial score (nSPS) is 19.4. The molecule has 1 atom stereocenters. The summed E-state index contributed by atoms with van der Waals surface area (Å²) in [5, 5.41) is 0.